The van der Waals surface area contributed by atoms with Gasteiger partial charge in [-0.3, -0.25) is 28.8 Å². The normalized spacial score (nSPS) is 13.7. The molecule has 0 aliphatic heterocycles. The van der Waals surface area contributed by atoms with Crippen molar-refractivity contribution in [3.05, 3.63) is 35.9 Å². The fraction of sp³-hybridized carbons (Fsp3) is 0.435. The highest BCUT2D eigenvalue weighted by molar-refractivity contribution is 5.95. The summed E-state index contributed by atoms with van der Waals surface area (Å²) in [6, 6.07) is 2.89. The van der Waals surface area contributed by atoms with Crippen molar-refractivity contribution in [1.82, 2.24) is 16.0 Å². The molecule has 6 amide bonds. The highest BCUT2D eigenvalue weighted by Crippen LogP contribution is 2.07. The van der Waals surface area contributed by atoms with E-state index >= 15 is 0 Å². The van der Waals surface area contributed by atoms with Crippen molar-refractivity contribution < 1.29 is 38.7 Å². The number of carboxylic acid groups (broad SMARTS) is 1. The average Bonchev–Trinajstić information content (AvgIpc) is 2.83. The lowest BCUT2D eigenvalue weighted by Crippen LogP contribution is -2.58. The molecule has 0 spiro atoms. The maximum atomic E-state index is 13.1. The summed E-state index contributed by atoms with van der Waals surface area (Å²) in [4.78, 5) is 83.5. The van der Waals surface area contributed by atoms with Crippen LogP contribution in [0.2, 0.25) is 0 Å². The van der Waals surface area contributed by atoms with E-state index in [9.17, 15) is 38.7 Å². The van der Waals surface area contributed by atoms with Crippen LogP contribution in [0.25, 0.3) is 0 Å². The lowest BCUT2D eigenvalue weighted by molar-refractivity contribution is -0.142. The predicted molar refractivity (Wildman–Crippen MR) is 132 cm³/mol. The maximum Gasteiger partial charge on any atom is 0.326 e. The van der Waals surface area contributed by atoms with Crippen LogP contribution in [0.3, 0.4) is 0 Å². The summed E-state index contributed by atoms with van der Waals surface area (Å²) in [6.07, 6.45) is -1.73. The van der Waals surface area contributed by atoms with Crippen LogP contribution in [0.5, 0.6) is 0 Å². The molecule has 4 unspecified atom stereocenters. The van der Waals surface area contributed by atoms with Crippen molar-refractivity contribution in [3.63, 3.8) is 0 Å². The first kappa shape index (κ1) is 31.5. The molecule has 0 aromatic heterocycles. The monoisotopic (exact) mass is 535 g/mol. The van der Waals surface area contributed by atoms with Crippen LogP contribution < -0.4 is 38.9 Å². The van der Waals surface area contributed by atoms with E-state index in [1.165, 1.54) is 0 Å². The molecule has 208 valence electrons. The SMILES string of the molecule is NC(=O)CCC(NC(=O)C(Cc1ccccc1)NC(=O)C(CCC(N)=O)NC(=O)C(N)CC(N)=O)C(=O)O. The van der Waals surface area contributed by atoms with Crippen molar-refractivity contribution in [2.45, 2.75) is 62.7 Å². The minimum atomic E-state index is -1.47. The van der Waals surface area contributed by atoms with Crippen molar-refractivity contribution in [1.29, 1.82) is 0 Å². The standard InChI is InChI=1S/C23H33N7O8/c24-13(11-19(27)33)20(34)28-14(6-8-17(25)31)21(35)30-16(10-12-4-2-1-3-5-12)22(36)29-15(23(37)38)7-9-18(26)32/h1-5,13-16H,6-11,24H2,(H2,25,31)(H2,26,32)(H2,27,33)(H,28,34)(H,29,36)(H,30,35)(H,37,38). The summed E-state index contributed by atoms with van der Waals surface area (Å²) in [5.41, 5.74) is 21.5. The number of carboxylic acids is 1. The van der Waals surface area contributed by atoms with Gasteiger partial charge in [-0.1, -0.05) is 30.3 Å². The Bertz CT molecular complexity index is 1030. The van der Waals surface area contributed by atoms with Crippen LogP contribution in [0.1, 0.15) is 37.7 Å². The Hall–Kier alpha value is -4.53. The summed E-state index contributed by atoms with van der Waals surface area (Å²) < 4.78 is 0. The van der Waals surface area contributed by atoms with Crippen LogP contribution in [0.15, 0.2) is 30.3 Å². The summed E-state index contributed by atoms with van der Waals surface area (Å²) in [6.45, 7) is 0. The zero-order valence-corrected chi connectivity index (χ0v) is 20.6. The van der Waals surface area contributed by atoms with Gasteiger partial charge in [-0.2, -0.15) is 0 Å². The van der Waals surface area contributed by atoms with Crippen molar-refractivity contribution in [2.24, 2.45) is 22.9 Å². The third-order valence-electron chi connectivity index (χ3n) is 5.28. The Morgan fingerprint density at radius 3 is 1.66 bits per heavy atom. The molecule has 0 radical (unpaired) electrons. The van der Waals surface area contributed by atoms with E-state index in [0.29, 0.717) is 5.56 Å². The molecule has 1 aromatic rings. The number of amides is 6. The number of primary amides is 3. The Balaban J connectivity index is 3.15. The predicted octanol–water partition coefficient (Wildman–Crippen LogP) is -3.50. The van der Waals surface area contributed by atoms with Gasteiger partial charge in [0.25, 0.3) is 0 Å². The lowest BCUT2D eigenvalue weighted by atomic mass is 10.0. The number of rotatable bonds is 17. The van der Waals surface area contributed by atoms with Crippen LogP contribution in [0.4, 0.5) is 0 Å². The first-order valence-corrected chi connectivity index (χ1v) is 11.6. The Morgan fingerprint density at radius 2 is 1.16 bits per heavy atom. The quantitative estimate of drug-likeness (QED) is 0.0980. The summed E-state index contributed by atoms with van der Waals surface area (Å²) in [5, 5.41) is 16.5. The first-order valence-electron chi connectivity index (χ1n) is 11.6. The summed E-state index contributed by atoms with van der Waals surface area (Å²) in [7, 11) is 0. The Labute approximate surface area is 218 Å². The number of hydrogen-bond donors (Lipinski definition) is 8. The van der Waals surface area contributed by atoms with Crippen LogP contribution in [-0.2, 0) is 40.0 Å². The molecule has 15 heteroatoms. The minimum absolute atomic E-state index is 0.0712. The summed E-state index contributed by atoms with van der Waals surface area (Å²) in [5.74, 6) is -6.49. The van der Waals surface area contributed by atoms with Crippen molar-refractivity contribution in [2.75, 3.05) is 0 Å². The van der Waals surface area contributed by atoms with Gasteiger partial charge >= 0.3 is 5.97 Å². The molecule has 0 aliphatic rings. The number of carbonyl (C=O) groups is 7. The lowest BCUT2D eigenvalue weighted by Gasteiger charge is -2.25. The van der Waals surface area contributed by atoms with Gasteiger partial charge < -0.3 is 44.0 Å². The van der Waals surface area contributed by atoms with Crippen LogP contribution in [0, 0.1) is 0 Å². The number of carbonyl (C=O) groups excluding carboxylic acids is 6. The second kappa shape index (κ2) is 15.6. The zero-order valence-electron chi connectivity index (χ0n) is 20.6. The second-order valence-electron chi connectivity index (χ2n) is 8.50. The summed E-state index contributed by atoms with van der Waals surface area (Å²) >= 11 is 0. The Morgan fingerprint density at radius 1 is 0.684 bits per heavy atom. The van der Waals surface area contributed by atoms with E-state index in [0.717, 1.165) is 0 Å². The molecule has 1 aromatic carbocycles. The van der Waals surface area contributed by atoms with E-state index in [1.54, 1.807) is 30.3 Å². The topological polar surface area (TPSA) is 280 Å². The second-order valence-corrected chi connectivity index (χ2v) is 8.50. The van der Waals surface area contributed by atoms with Gasteiger partial charge in [-0.05, 0) is 18.4 Å². The molecule has 0 saturated carbocycles. The molecule has 0 bridgehead atoms. The number of aliphatic carboxylic acids is 1. The van der Waals surface area contributed by atoms with Crippen LogP contribution in [-0.4, -0.2) is 70.7 Å². The van der Waals surface area contributed by atoms with E-state index < -0.39 is 72.0 Å². The van der Waals surface area contributed by atoms with Crippen LogP contribution >= 0.6 is 0 Å². The maximum absolute atomic E-state index is 13.1. The molecule has 12 N–H and O–H groups in total. The first-order chi connectivity index (χ1) is 17.8. The zero-order chi connectivity index (χ0) is 28.8. The van der Waals surface area contributed by atoms with Gasteiger partial charge in [0.2, 0.25) is 35.4 Å². The number of nitrogens with two attached hydrogens (primary N) is 4. The highest BCUT2D eigenvalue weighted by Gasteiger charge is 2.31. The number of benzene rings is 1. The molecule has 4 atom stereocenters. The van der Waals surface area contributed by atoms with Gasteiger partial charge in [0.15, 0.2) is 0 Å². The molecule has 38 heavy (non-hydrogen) atoms. The van der Waals surface area contributed by atoms with Gasteiger partial charge in [-0.15, -0.1) is 0 Å². The van der Waals surface area contributed by atoms with Crippen molar-refractivity contribution in [3.8, 4) is 0 Å². The average molecular weight is 536 g/mol. The molecular formula is C23H33N7O8. The third-order valence-corrected chi connectivity index (χ3v) is 5.28. The molecule has 0 fully saturated rings. The molecule has 0 heterocycles. The highest BCUT2D eigenvalue weighted by atomic mass is 16.4. The largest absolute Gasteiger partial charge is 0.480 e. The van der Waals surface area contributed by atoms with Gasteiger partial charge in [0.1, 0.15) is 18.1 Å². The number of nitrogens with one attached hydrogen (secondary N) is 3. The fourth-order valence-corrected chi connectivity index (χ4v) is 3.29. The van der Waals surface area contributed by atoms with E-state index in [1.807, 2.05) is 0 Å². The van der Waals surface area contributed by atoms with Gasteiger partial charge in [-0.25, -0.2) is 4.79 Å². The fourth-order valence-electron chi connectivity index (χ4n) is 3.29. The molecule has 0 aliphatic carbocycles. The van der Waals surface area contributed by atoms with E-state index in [-0.39, 0.29) is 32.1 Å². The molecule has 1 rings (SSSR count). The van der Waals surface area contributed by atoms with Crippen molar-refractivity contribution >= 4 is 41.4 Å². The van der Waals surface area contributed by atoms with Gasteiger partial charge in [0.05, 0.1) is 12.5 Å². The minimum Gasteiger partial charge on any atom is -0.480 e. The Kier molecular flexibility index (Phi) is 12.9. The smallest absolute Gasteiger partial charge is 0.326 e. The van der Waals surface area contributed by atoms with Gasteiger partial charge in [0, 0.05) is 19.3 Å². The number of hydrogen-bond acceptors (Lipinski definition) is 8. The molecule has 15 nitrogen and oxygen atoms in total. The van der Waals surface area contributed by atoms with E-state index in [4.69, 9.17) is 22.9 Å². The van der Waals surface area contributed by atoms with E-state index in [2.05, 4.69) is 16.0 Å². The molecule has 0 saturated heterocycles. The molecular weight excluding hydrogens is 502 g/mol. The third kappa shape index (κ3) is 11.9.